The number of rotatable bonds is 8. The second-order valence-corrected chi connectivity index (χ2v) is 9.46. The minimum absolute atomic E-state index is 0.0476. The number of nitrogens with one attached hydrogen (secondary N) is 1. The standard InChI is InChI=1S/C28H27F3N6O3/c1-17-5-6-18(11-25(17)37-16-24(34-35-37)19-10-22(39-2)14-32-13-19)27(38)33-23-12-21(28(29,30)31)9-20(26(23)40-3)15-36-7-4-8-36/h5-6,9-14,16H,4,7-8,15H2,1-3H3,(H,33,38). The summed E-state index contributed by atoms with van der Waals surface area (Å²) >= 11 is 0. The Morgan fingerprint density at radius 1 is 1.07 bits per heavy atom. The molecular weight excluding hydrogens is 525 g/mol. The number of likely N-dealkylation sites (tertiary alicyclic amines) is 1. The van der Waals surface area contributed by atoms with Gasteiger partial charge in [0.15, 0.2) is 0 Å². The normalized spacial score (nSPS) is 13.6. The molecule has 1 aliphatic rings. The van der Waals surface area contributed by atoms with E-state index < -0.39 is 17.6 Å². The molecule has 5 rings (SSSR count). The summed E-state index contributed by atoms with van der Waals surface area (Å²) in [6, 6.07) is 8.69. The predicted octanol–water partition coefficient (Wildman–Crippen LogP) is 5.13. The number of methoxy groups -OCH3 is 2. The van der Waals surface area contributed by atoms with Crippen molar-refractivity contribution in [3.05, 3.63) is 77.2 Å². The van der Waals surface area contributed by atoms with Gasteiger partial charge < -0.3 is 14.8 Å². The summed E-state index contributed by atoms with van der Waals surface area (Å²) in [5, 5.41) is 11.0. The second kappa shape index (κ2) is 11.0. The number of nitrogens with zero attached hydrogens (tertiary/aromatic N) is 5. The molecule has 0 saturated carbocycles. The lowest BCUT2D eigenvalue weighted by molar-refractivity contribution is -0.137. The molecule has 0 aliphatic carbocycles. The van der Waals surface area contributed by atoms with Crippen molar-refractivity contribution in [2.45, 2.75) is 26.1 Å². The lowest BCUT2D eigenvalue weighted by Gasteiger charge is -2.31. The molecule has 1 N–H and O–H groups in total. The number of hydrogen-bond acceptors (Lipinski definition) is 7. The first-order chi connectivity index (χ1) is 19.2. The molecule has 2 aromatic heterocycles. The van der Waals surface area contributed by atoms with E-state index >= 15 is 0 Å². The largest absolute Gasteiger partial charge is 0.495 e. The van der Waals surface area contributed by atoms with Gasteiger partial charge in [-0.15, -0.1) is 5.10 Å². The zero-order valence-electron chi connectivity index (χ0n) is 22.1. The molecule has 3 heterocycles. The van der Waals surface area contributed by atoms with Crippen LogP contribution in [0.5, 0.6) is 11.5 Å². The van der Waals surface area contributed by atoms with Gasteiger partial charge >= 0.3 is 6.18 Å². The summed E-state index contributed by atoms with van der Waals surface area (Å²) in [6.07, 6.45) is 1.30. The molecule has 0 atom stereocenters. The number of pyridine rings is 1. The highest BCUT2D eigenvalue weighted by Gasteiger charge is 2.33. The van der Waals surface area contributed by atoms with E-state index in [1.54, 1.807) is 50.0 Å². The van der Waals surface area contributed by atoms with Crippen molar-refractivity contribution in [3.63, 3.8) is 0 Å². The molecule has 40 heavy (non-hydrogen) atoms. The van der Waals surface area contributed by atoms with Crippen molar-refractivity contribution in [2.75, 3.05) is 32.6 Å². The Hall–Kier alpha value is -4.45. The minimum atomic E-state index is -4.59. The van der Waals surface area contributed by atoms with E-state index in [0.717, 1.165) is 37.2 Å². The van der Waals surface area contributed by atoms with Gasteiger partial charge in [-0.2, -0.15) is 13.2 Å². The van der Waals surface area contributed by atoms with Crippen molar-refractivity contribution in [1.29, 1.82) is 0 Å². The van der Waals surface area contributed by atoms with Crippen molar-refractivity contribution in [1.82, 2.24) is 24.9 Å². The maximum atomic E-state index is 13.7. The van der Waals surface area contributed by atoms with E-state index in [1.807, 2.05) is 11.8 Å². The van der Waals surface area contributed by atoms with Crippen molar-refractivity contribution < 1.29 is 27.4 Å². The fourth-order valence-electron chi connectivity index (χ4n) is 4.46. The Morgan fingerprint density at radius 2 is 1.88 bits per heavy atom. The smallest absolute Gasteiger partial charge is 0.416 e. The highest BCUT2D eigenvalue weighted by molar-refractivity contribution is 6.05. The van der Waals surface area contributed by atoms with Crippen LogP contribution in [-0.4, -0.2) is 58.1 Å². The van der Waals surface area contributed by atoms with E-state index in [4.69, 9.17) is 9.47 Å². The zero-order valence-corrected chi connectivity index (χ0v) is 22.1. The van der Waals surface area contributed by atoms with Crippen LogP contribution in [0.3, 0.4) is 0 Å². The second-order valence-electron chi connectivity index (χ2n) is 9.46. The van der Waals surface area contributed by atoms with Crippen molar-refractivity contribution in [2.24, 2.45) is 0 Å². The summed E-state index contributed by atoms with van der Waals surface area (Å²) in [5.41, 5.74) is 2.32. The van der Waals surface area contributed by atoms with Gasteiger partial charge in [-0.3, -0.25) is 14.7 Å². The van der Waals surface area contributed by atoms with Crippen LogP contribution in [0.25, 0.3) is 16.9 Å². The number of alkyl halides is 3. The quantitative estimate of drug-likeness (QED) is 0.324. The van der Waals surface area contributed by atoms with Crippen LogP contribution in [0.15, 0.2) is 55.0 Å². The monoisotopic (exact) mass is 552 g/mol. The Kier molecular flexibility index (Phi) is 7.44. The molecule has 1 saturated heterocycles. The summed E-state index contributed by atoms with van der Waals surface area (Å²) in [4.78, 5) is 19.5. The topological polar surface area (TPSA) is 94.4 Å². The summed E-state index contributed by atoms with van der Waals surface area (Å²) in [7, 11) is 2.92. The Balaban J connectivity index is 1.45. The number of halogens is 3. The van der Waals surface area contributed by atoms with E-state index in [2.05, 4.69) is 20.6 Å². The van der Waals surface area contributed by atoms with Gasteiger partial charge in [0.25, 0.3) is 5.91 Å². The molecule has 1 amide bonds. The molecule has 0 spiro atoms. The SMILES string of the molecule is COc1cncc(-c2cn(-c3cc(C(=O)Nc4cc(C(F)(F)F)cc(CN5CCC5)c4OC)ccc3C)nn2)c1. The van der Waals surface area contributed by atoms with Gasteiger partial charge in [0.1, 0.15) is 17.2 Å². The Labute approximate surface area is 228 Å². The molecule has 0 unspecified atom stereocenters. The third-order valence-electron chi connectivity index (χ3n) is 6.74. The van der Waals surface area contributed by atoms with E-state index in [-0.39, 0.29) is 17.0 Å². The number of ether oxygens (including phenoxy) is 2. The van der Waals surface area contributed by atoms with Gasteiger partial charge in [0.2, 0.25) is 0 Å². The predicted molar refractivity (Wildman–Crippen MR) is 142 cm³/mol. The number of carbonyl (C=O) groups excluding carboxylic acids is 1. The maximum Gasteiger partial charge on any atom is 0.416 e. The van der Waals surface area contributed by atoms with E-state index in [1.165, 1.54) is 11.8 Å². The molecule has 12 heteroatoms. The van der Waals surface area contributed by atoms with Crippen molar-refractivity contribution in [3.8, 4) is 28.4 Å². The highest BCUT2D eigenvalue weighted by atomic mass is 19.4. The Bertz CT molecular complexity index is 1550. The minimum Gasteiger partial charge on any atom is -0.495 e. The van der Waals surface area contributed by atoms with Gasteiger partial charge in [-0.25, -0.2) is 4.68 Å². The number of anilines is 1. The van der Waals surface area contributed by atoms with E-state index in [9.17, 15) is 18.0 Å². The molecular formula is C28H27F3N6O3. The van der Waals surface area contributed by atoms with Crippen LogP contribution < -0.4 is 14.8 Å². The Morgan fingerprint density at radius 3 is 2.55 bits per heavy atom. The summed E-state index contributed by atoms with van der Waals surface area (Å²) in [6.45, 7) is 3.74. The number of benzene rings is 2. The first-order valence-electron chi connectivity index (χ1n) is 12.5. The van der Waals surface area contributed by atoms with E-state index in [0.29, 0.717) is 34.8 Å². The first-order valence-corrected chi connectivity index (χ1v) is 12.5. The van der Waals surface area contributed by atoms with Crippen molar-refractivity contribution >= 4 is 11.6 Å². The number of aromatic nitrogens is 4. The molecule has 9 nitrogen and oxygen atoms in total. The van der Waals surface area contributed by atoms with Crippen LogP contribution in [0.1, 0.15) is 33.5 Å². The molecule has 2 aromatic carbocycles. The van der Waals surface area contributed by atoms with Crippen LogP contribution in [0, 0.1) is 6.92 Å². The number of hydrogen-bond donors (Lipinski definition) is 1. The summed E-state index contributed by atoms with van der Waals surface area (Å²) in [5.74, 6) is 0.180. The van der Waals surface area contributed by atoms with Crippen LogP contribution >= 0.6 is 0 Å². The zero-order chi connectivity index (χ0) is 28.4. The molecule has 208 valence electrons. The molecule has 4 aromatic rings. The third-order valence-corrected chi connectivity index (χ3v) is 6.74. The molecule has 0 bridgehead atoms. The number of carbonyl (C=O) groups is 1. The molecule has 0 radical (unpaired) electrons. The molecule has 1 fully saturated rings. The average molecular weight is 553 g/mol. The number of amides is 1. The number of aryl methyl sites for hydroxylation is 1. The fraction of sp³-hybridized carbons (Fsp3) is 0.286. The first kappa shape index (κ1) is 27.1. The summed E-state index contributed by atoms with van der Waals surface area (Å²) < 4.78 is 53.4. The lowest BCUT2D eigenvalue weighted by atomic mass is 10.0. The van der Waals surface area contributed by atoms with Gasteiger partial charge in [0.05, 0.1) is 43.6 Å². The van der Waals surface area contributed by atoms with Gasteiger partial charge in [-0.05, 0) is 62.3 Å². The van der Waals surface area contributed by atoms with Gasteiger partial charge in [-0.1, -0.05) is 11.3 Å². The highest BCUT2D eigenvalue weighted by Crippen LogP contribution is 2.39. The molecule has 1 aliphatic heterocycles. The van der Waals surface area contributed by atoms with Crippen LogP contribution in [-0.2, 0) is 12.7 Å². The maximum absolute atomic E-state index is 13.7. The average Bonchev–Trinajstić information content (AvgIpc) is 3.40. The van der Waals surface area contributed by atoms with Crippen LogP contribution in [0.4, 0.5) is 18.9 Å². The third kappa shape index (κ3) is 5.62. The fourth-order valence-corrected chi connectivity index (χ4v) is 4.46. The van der Waals surface area contributed by atoms with Gasteiger partial charge in [0, 0.05) is 29.4 Å². The lowest BCUT2D eigenvalue weighted by Crippen LogP contribution is -2.36. The van der Waals surface area contributed by atoms with Crippen LogP contribution in [0.2, 0.25) is 0 Å².